The highest BCUT2D eigenvalue weighted by Gasteiger charge is 2.19. The Morgan fingerprint density at radius 3 is 2.38 bits per heavy atom. The molecule has 1 aliphatic heterocycles. The first-order valence-electron chi connectivity index (χ1n) is 11.1. The van der Waals surface area contributed by atoms with Crippen molar-refractivity contribution >= 4 is 29.4 Å². The predicted octanol–water partition coefficient (Wildman–Crippen LogP) is 3.16. The lowest BCUT2D eigenvalue weighted by atomic mass is 10.2. The average Bonchev–Trinajstić information content (AvgIpc) is 2.79. The Balaban J connectivity index is 1.41. The van der Waals surface area contributed by atoms with E-state index in [0.717, 1.165) is 56.5 Å². The zero-order valence-corrected chi connectivity index (χ0v) is 19.6. The fraction of sp³-hybridized carbons (Fsp3) is 0.417. The van der Waals surface area contributed by atoms with Crippen LogP contribution in [-0.2, 0) is 11.3 Å². The topological polar surface area (TPSA) is 71.4 Å². The van der Waals surface area contributed by atoms with Crippen LogP contribution in [0.25, 0.3) is 0 Å². The van der Waals surface area contributed by atoms with E-state index in [9.17, 15) is 9.90 Å². The summed E-state index contributed by atoms with van der Waals surface area (Å²) >= 11 is 5.95. The van der Waals surface area contributed by atoms with Gasteiger partial charge in [0, 0.05) is 68.2 Å². The molecule has 172 valence electrons. The van der Waals surface area contributed by atoms with Crippen molar-refractivity contribution in [1.82, 2.24) is 15.2 Å². The third-order valence-electron chi connectivity index (χ3n) is 5.69. The zero-order chi connectivity index (χ0) is 22.9. The maximum absolute atomic E-state index is 12.3. The lowest BCUT2D eigenvalue weighted by molar-refractivity contribution is -0.122. The van der Waals surface area contributed by atoms with E-state index in [-0.39, 0.29) is 11.7 Å². The van der Waals surface area contributed by atoms with Crippen LogP contribution in [0.5, 0.6) is 5.75 Å². The third-order valence-corrected chi connectivity index (χ3v) is 5.94. The van der Waals surface area contributed by atoms with E-state index >= 15 is 0 Å². The minimum absolute atomic E-state index is 0.143. The Hall–Kier alpha value is -2.61. The molecule has 2 aromatic carbocycles. The number of piperazine rings is 1. The number of carbonyl (C=O) groups is 1. The number of amides is 1. The van der Waals surface area contributed by atoms with E-state index in [0.29, 0.717) is 12.1 Å². The number of hydrazone groups is 1. The van der Waals surface area contributed by atoms with Crippen molar-refractivity contribution < 1.29 is 9.90 Å². The van der Waals surface area contributed by atoms with Gasteiger partial charge >= 0.3 is 0 Å². The van der Waals surface area contributed by atoms with Crippen molar-refractivity contribution in [2.24, 2.45) is 5.10 Å². The Bertz CT molecular complexity index is 907. The van der Waals surface area contributed by atoms with Crippen LogP contribution >= 0.6 is 11.6 Å². The number of rotatable bonds is 9. The first-order valence-corrected chi connectivity index (χ1v) is 11.4. The monoisotopic (exact) mass is 457 g/mol. The fourth-order valence-corrected chi connectivity index (χ4v) is 3.92. The number of nitrogens with zero attached hydrogens (tertiary/aromatic N) is 4. The summed E-state index contributed by atoms with van der Waals surface area (Å²) in [6, 6.07) is 13.4. The first kappa shape index (κ1) is 24.0. The number of aromatic hydroxyl groups is 1. The van der Waals surface area contributed by atoms with Crippen LogP contribution in [0.2, 0.25) is 5.02 Å². The number of phenolic OH excluding ortho intramolecular Hbond substituents is 1. The molecule has 2 N–H and O–H groups in total. The molecule has 0 atom stereocenters. The van der Waals surface area contributed by atoms with Crippen molar-refractivity contribution in [3.63, 3.8) is 0 Å². The number of benzene rings is 2. The number of nitrogens with one attached hydrogen (secondary N) is 1. The number of halogens is 1. The summed E-state index contributed by atoms with van der Waals surface area (Å²) in [5, 5.41) is 15.0. The van der Waals surface area contributed by atoms with Gasteiger partial charge < -0.3 is 10.0 Å². The lowest BCUT2D eigenvalue weighted by Gasteiger charge is -2.34. The van der Waals surface area contributed by atoms with Gasteiger partial charge in [0.15, 0.2) is 0 Å². The normalized spacial score (nSPS) is 15.2. The van der Waals surface area contributed by atoms with Crippen LogP contribution in [-0.4, -0.2) is 72.8 Å². The second kappa shape index (κ2) is 11.9. The summed E-state index contributed by atoms with van der Waals surface area (Å²) in [7, 11) is 0. The van der Waals surface area contributed by atoms with E-state index < -0.39 is 0 Å². The van der Waals surface area contributed by atoms with Crippen LogP contribution in [0.4, 0.5) is 5.69 Å². The Labute approximate surface area is 195 Å². The smallest absolute Gasteiger partial charge is 0.254 e. The molecule has 1 amide bonds. The molecule has 0 bridgehead atoms. The molecule has 8 heteroatoms. The van der Waals surface area contributed by atoms with Gasteiger partial charge in [0.25, 0.3) is 5.91 Å². The third kappa shape index (κ3) is 6.95. The second-order valence-corrected chi connectivity index (χ2v) is 8.32. The molecular weight excluding hydrogens is 426 g/mol. The number of hydrogen-bond acceptors (Lipinski definition) is 6. The lowest BCUT2D eigenvalue weighted by Crippen LogP contribution is -2.48. The summed E-state index contributed by atoms with van der Waals surface area (Å²) in [6.45, 7) is 10.6. The van der Waals surface area contributed by atoms with Gasteiger partial charge in [0.2, 0.25) is 0 Å². The van der Waals surface area contributed by atoms with Gasteiger partial charge in [-0.2, -0.15) is 5.10 Å². The van der Waals surface area contributed by atoms with E-state index in [1.807, 2.05) is 18.2 Å². The van der Waals surface area contributed by atoms with Crippen LogP contribution in [0.3, 0.4) is 0 Å². The van der Waals surface area contributed by atoms with Crippen LogP contribution in [0, 0.1) is 0 Å². The fourth-order valence-electron chi connectivity index (χ4n) is 3.79. The molecule has 7 nitrogen and oxygen atoms in total. The molecular formula is C24H32ClN5O2. The van der Waals surface area contributed by atoms with Crippen molar-refractivity contribution in [1.29, 1.82) is 0 Å². The molecule has 3 rings (SSSR count). The van der Waals surface area contributed by atoms with Crippen molar-refractivity contribution in [2.75, 3.05) is 50.7 Å². The Morgan fingerprint density at radius 1 is 1.09 bits per heavy atom. The summed E-state index contributed by atoms with van der Waals surface area (Å²) in [5.74, 6) is -0.0177. The zero-order valence-electron chi connectivity index (χ0n) is 18.8. The quantitative estimate of drug-likeness (QED) is 0.447. The number of phenols is 1. The van der Waals surface area contributed by atoms with Crippen molar-refractivity contribution in [3.8, 4) is 5.75 Å². The molecule has 32 heavy (non-hydrogen) atoms. The molecule has 1 fully saturated rings. The number of carbonyl (C=O) groups excluding carboxylic acids is 1. The standard InChI is InChI=1S/C24H32ClN5O2/c1-3-30(4-2)22-10-7-20(23(31)15-22)16-26-27-24(32)18-29-13-11-28(12-14-29)17-19-5-8-21(25)9-6-19/h5-10,15-16,31H,3-4,11-14,17-18H2,1-2H3,(H,27,32). The van der Waals surface area contributed by atoms with Gasteiger partial charge in [0.1, 0.15) is 5.75 Å². The highest BCUT2D eigenvalue weighted by molar-refractivity contribution is 6.30. The molecule has 1 saturated heterocycles. The van der Waals surface area contributed by atoms with Gasteiger partial charge in [-0.3, -0.25) is 14.6 Å². The highest BCUT2D eigenvalue weighted by Crippen LogP contribution is 2.23. The van der Waals surface area contributed by atoms with E-state index in [2.05, 4.69) is 51.2 Å². The largest absolute Gasteiger partial charge is 0.507 e. The minimum Gasteiger partial charge on any atom is -0.507 e. The SMILES string of the molecule is CCN(CC)c1ccc(C=NNC(=O)CN2CCN(Cc3ccc(Cl)cc3)CC2)c(O)c1. The second-order valence-electron chi connectivity index (χ2n) is 7.89. The molecule has 1 heterocycles. The predicted molar refractivity (Wildman–Crippen MR) is 131 cm³/mol. The average molecular weight is 458 g/mol. The van der Waals surface area contributed by atoms with E-state index in [1.165, 1.54) is 11.8 Å². The van der Waals surface area contributed by atoms with Gasteiger partial charge in [-0.15, -0.1) is 0 Å². The molecule has 2 aromatic rings. The maximum Gasteiger partial charge on any atom is 0.254 e. The molecule has 1 aliphatic rings. The van der Waals surface area contributed by atoms with E-state index in [4.69, 9.17) is 11.6 Å². The van der Waals surface area contributed by atoms with Crippen molar-refractivity contribution in [2.45, 2.75) is 20.4 Å². The summed E-state index contributed by atoms with van der Waals surface area (Å²) in [5.41, 5.74) is 5.33. The number of hydrogen-bond donors (Lipinski definition) is 2. The minimum atomic E-state index is -0.161. The Kier molecular flexibility index (Phi) is 8.90. The van der Waals surface area contributed by atoms with Gasteiger partial charge in [-0.05, 0) is 43.7 Å². The molecule has 0 unspecified atom stereocenters. The van der Waals surface area contributed by atoms with Gasteiger partial charge in [-0.25, -0.2) is 5.43 Å². The summed E-state index contributed by atoms with van der Waals surface area (Å²) in [6.07, 6.45) is 1.48. The maximum atomic E-state index is 12.3. The molecule has 0 saturated carbocycles. The van der Waals surface area contributed by atoms with Crippen LogP contribution in [0.1, 0.15) is 25.0 Å². The summed E-state index contributed by atoms with van der Waals surface area (Å²) < 4.78 is 0. The van der Waals surface area contributed by atoms with Gasteiger partial charge in [0.05, 0.1) is 12.8 Å². The highest BCUT2D eigenvalue weighted by atomic mass is 35.5. The molecule has 0 radical (unpaired) electrons. The Morgan fingerprint density at radius 2 is 1.75 bits per heavy atom. The summed E-state index contributed by atoms with van der Waals surface area (Å²) in [4.78, 5) is 18.9. The molecule has 0 aliphatic carbocycles. The van der Waals surface area contributed by atoms with E-state index in [1.54, 1.807) is 12.1 Å². The van der Waals surface area contributed by atoms with Crippen molar-refractivity contribution in [3.05, 3.63) is 58.6 Å². The van der Waals surface area contributed by atoms with Gasteiger partial charge in [-0.1, -0.05) is 23.7 Å². The first-order chi connectivity index (χ1) is 15.5. The van der Waals surface area contributed by atoms with Crippen LogP contribution < -0.4 is 10.3 Å². The molecule has 0 spiro atoms. The number of anilines is 1. The van der Waals surface area contributed by atoms with Crippen LogP contribution in [0.15, 0.2) is 47.6 Å². The molecule has 0 aromatic heterocycles.